The molecule has 0 saturated heterocycles. The van der Waals surface area contributed by atoms with Gasteiger partial charge in [0, 0.05) is 18.4 Å². The molecule has 2 N–H and O–H groups in total. The fraction of sp³-hybridized carbons (Fsp3) is 0.391. The maximum Gasteiger partial charge on any atom is 0.252 e. The highest BCUT2D eigenvalue weighted by atomic mass is 16.5. The van der Waals surface area contributed by atoms with Crippen LogP contribution < -0.4 is 15.4 Å². The van der Waals surface area contributed by atoms with Gasteiger partial charge in [-0.3, -0.25) is 9.78 Å². The van der Waals surface area contributed by atoms with Gasteiger partial charge in [0.05, 0.1) is 23.6 Å². The van der Waals surface area contributed by atoms with Gasteiger partial charge in [-0.1, -0.05) is 11.6 Å². The number of nitrogens with one attached hydrogen (secondary N) is 2. The van der Waals surface area contributed by atoms with Crippen LogP contribution in [0.5, 0.6) is 5.75 Å². The third kappa shape index (κ3) is 6.12. The lowest BCUT2D eigenvalue weighted by Gasteiger charge is -2.13. The summed E-state index contributed by atoms with van der Waals surface area (Å²) in [5.74, 6) is 0.744. The standard InChI is InChI=1S/C23H29N3O2/c1-17(2)28-22-10-8-20(9-11-22)26-21-14-19(15-24-16-21)23(27)25-13-12-18-6-4-3-5-7-18/h6,8-11,14-17,26H,3-5,7,12-13H2,1-2H3,(H,25,27). The zero-order chi connectivity index (χ0) is 19.8. The summed E-state index contributed by atoms with van der Waals surface area (Å²) < 4.78 is 5.65. The molecule has 1 aromatic heterocycles. The van der Waals surface area contributed by atoms with Crippen molar-refractivity contribution in [2.75, 3.05) is 11.9 Å². The quantitative estimate of drug-likeness (QED) is 0.616. The summed E-state index contributed by atoms with van der Waals surface area (Å²) in [6.45, 7) is 4.67. The van der Waals surface area contributed by atoms with Gasteiger partial charge in [-0.15, -0.1) is 0 Å². The van der Waals surface area contributed by atoms with Gasteiger partial charge in [0.2, 0.25) is 0 Å². The Morgan fingerprint density at radius 1 is 1.14 bits per heavy atom. The van der Waals surface area contributed by atoms with Gasteiger partial charge in [0.25, 0.3) is 5.91 Å². The van der Waals surface area contributed by atoms with Crippen LogP contribution in [0, 0.1) is 0 Å². The fourth-order valence-corrected chi connectivity index (χ4v) is 3.26. The minimum absolute atomic E-state index is 0.0896. The van der Waals surface area contributed by atoms with Gasteiger partial charge in [-0.2, -0.15) is 0 Å². The van der Waals surface area contributed by atoms with Crippen molar-refractivity contribution < 1.29 is 9.53 Å². The van der Waals surface area contributed by atoms with E-state index in [1.54, 1.807) is 12.4 Å². The van der Waals surface area contributed by atoms with Gasteiger partial charge in [-0.05, 0) is 76.3 Å². The second-order valence-corrected chi connectivity index (χ2v) is 7.39. The van der Waals surface area contributed by atoms with E-state index in [0.717, 1.165) is 30.0 Å². The van der Waals surface area contributed by atoms with E-state index in [9.17, 15) is 4.79 Å². The minimum atomic E-state index is -0.0896. The van der Waals surface area contributed by atoms with E-state index in [4.69, 9.17) is 4.74 Å². The third-order valence-electron chi connectivity index (χ3n) is 4.63. The molecule has 1 heterocycles. The van der Waals surface area contributed by atoms with Crippen LogP contribution in [0.15, 0.2) is 54.4 Å². The van der Waals surface area contributed by atoms with Crippen LogP contribution >= 0.6 is 0 Å². The van der Waals surface area contributed by atoms with Crippen LogP contribution in [0.4, 0.5) is 11.4 Å². The Labute approximate surface area is 167 Å². The lowest BCUT2D eigenvalue weighted by atomic mass is 9.97. The number of rotatable bonds is 8. The van der Waals surface area contributed by atoms with Gasteiger partial charge < -0.3 is 15.4 Å². The van der Waals surface area contributed by atoms with E-state index in [0.29, 0.717) is 12.1 Å². The number of hydrogen-bond donors (Lipinski definition) is 2. The molecule has 1 amide bonds. The minimum Gasteiger partial charge on any atom is -0.491 e. The van der Waals surface area contributed by atoms with Gasteiger partial charge in [-0.25, -0.2) is 0 Å². The molecule has 3 rings (SSSR count). The smallest absolute Gasteiger partial charge is 0.252 e. The van der Waals surface area contributed by atoms with Crippen LogP contribution in [-0.4, -0.2) is 23.5 Å². The summed E-state index contributed by atoms with van der Waals surface area (Å²) in [4.78, 5) is 16.6. The molecule has 0 bridgehead atoms. The van der Waals surface area contributed by atoms with Crippen molar-refractivity contribution in [1.82, 2.24) is 10.3 Å². The second kappa shape index (κ2) is 9.93. The van der Waals surface area contributed by atoms with E-state index >= 15 is 0 Å². The molecular formula is C23H29N3O2. The zero-order valence-corrected chi connectivity index (χ0v) is 16.7. The molecule has 1 aromatic carbocycles. The number of ether oxygens (including phenoxy) is 1. The molecule has 5 nitrogen and oxygen atoms in total. The first kappa shape index (κ1) is 19.9. The van der Waals surface area contributed by atoms with Crippen molar-refractivity contribution in [3.63, 3.8) is 0 Å². The number of pyridine rings is 1. The number of aromatic nitrogens is 1. The van der Waals surface area contributed by atoms with Crippen LogP contribution in [0.2, 0.25) is 0 Å². The first-order chi connectivity index (χ1) is 13.6. The van der Waals surface area contributed by atoms with Crippen molar-refractivity contribution in [3.05, 3.63) is 59.9 Å². The molecule has 0 spiro atoms. The van der Waals surface area contributed by atoms with Crippen LogP contribution in [-0.2, 0) is 0 Å². The maximum absolute atomic E-state index is 12.4. The molecule has 0 fully saturated rings. The second-order valence-electron chi connectivity index (χ2n) is 7.39. The summed E-state index contributed by atoms with van der Waals surface area (Å²) in [5, 5.41) is 6.28. The Morgan fingerprint density at radius 2 is 1.96 bits per heavy atom. The first-order valence-electron chi connectivity index (χ1n) is 10.0. The molecule has 0 atom stereocenters. The molecule has 0 saturated carbocycles. The monoisotopic (exact) mass is 379 g/mol. The summed E-state index contributed by atoms with van der Waals surface area (Å²) in [6, 6.07) is 9.56. The average Bonchev–Trinajstić information content (AvgIpc) is 2.70. The van der Waals surface area contributed by atoms with Crippen molar-refractivity contribution in [1.29, 1.82) is 0 Å². The molecule has 0 unspecified atom stereocenters. The van der Waals surface area contributed by atoms with E-state index in [-0.39, 0.29) is 12.0 Å². The summed E-state index contributed by atoms with van der Waals surface area (Å²) in [5.41, 5.74) is 3.72. The predicted molar refractivity (Wildman–Crippen MR) is 113 cm³/mol. The highest BCUT2D eigenvalue weighted by Gasteiger charge is 2.09. The number of allylic oxidation sites excluding steroid dienone is 1. The lowest BCUT2D eigenvalue weighted by molar-refractivity contribution is 0.0953. The maximum atomic E-state index is 12.4. The number of carbonyl (C=O) groups is 1. The molecular weight excluding hydrogens is 350 g/mol. The average molecular weight is 380 g/mol. The number of nitrogens with zero attached hydrogens (tertiary/aromatic N) is 1. The molecule has 2 aromatic rings. The number of anilines is 2. The fourth-order valence-electron chi connectivity index (χ4n) is 3.26. The Hall–Kier alpha value is -2.82. The number of hydrogen-bond acceptors (Lipinski definition) is 4. The molecule has 1 aliphatic carbocycles. The molecule has 5 heteroatoms. The molecule has 1 aliphatic rings. The Balaban J connectivity index is 1.54. The summed E-state index contributed by atoms with van der Waals surface area (Å²) >= 11 is 0. The van der Waals surface area contributed by atoms with Crippen LogP contribution in [0.3, 0.4) is 0 Å². The van der Waals surface area contributed by atoms with Crippen LogP contribution in [0.1, 0.15) is 56.3 Å². The highest BCUT2D eigenvalue weighted by molar-refractivity contribution is 5.94. The summed E-state index contributed by atoms with van der Waals surface area (Å²) in [6.07, 6.45) is 11.6. The molecule has 148 valence electrons. The van der Waals surface area contributed by atoms with Crippen molar-refractivity contribution in [2.24, 2.45) is 0 Å². The van der Waals surface area contributed by atoms with Crippen molar-refractivity contribution >= 4 is 17.3 Å². The van der Waals surface area contributed by atoms with Crippen molar-refractivity contribution in [3.8, 4) is 5.75 Å². The molecule has 0 aliphatic heterocycles. The largest absolute Gasteiger partial charge is 0.491 e. The number of benzene rings is 1. The predicted octanol–water partition coefficient (Wildman–Crippen LogP) is 5.23. The van der Waals surface area contributed by atoms with Crippen LogP contribution in [0.25, 0.3) is 0 Å². The third-order valence-corrected chi connectivity index (χ3v) is 4.63. The Bertz CT molecular complexity index is 813. The van der Waals surface area contributed by atoms with Gasteiger partial charge in [0.15, 0.2) is 0 Å². The van der Waals surface area contributed by atoms with Gasteiger partial charge in [0.1, 0.15) is 5.75 Å². The van der Waals surface area contributed by atoms with E-state index in [1.165, 1.54) is 24.8 Å². The number of amides is 1. The SMILES string of the molecule is CC(C)Oc1ccc(Nc2cncc(C(=O)NCCC3=CCCCC3)c2)cc1. The Morgan fingerprint density at radius 3 is 2.68 bits per heavy atom. The zero-order valence-electron chi connectivity index (χ0n) is 16.7. The van der Waals surface area contributed by atoms with E-state index in [2.05, 4.69) is 21.7 Å². The van der Waals surface area contributed by atoms with Crippen molar-refractivity contribution in [2.45, 2.75) is 52.1 Å². The number of carbonyl (C=O) groups excluding carboxylic acids is 1. The lowest BCUT2D eigenvalue weighted by Crippen LogP contribution is -2.25. The molecule has 0 radical (unpaired) electrons. The first-order valence-corrected chi connectivity index (χ1v) is 10.0. The van der Waals surface area contributed by atoms with Gasteiger partial charge >= 0.3 is 0 Å². The summed E-state index contributed by atoms with van der Waals surface area (Å²) in [7, 11) is 0. The normalized spacial score (nSPS) is 13.8. The topological polar surface area (TPSA) is 63.2 Å². The highest BCUT2D eigenvalue weighted by Crippen LogP contribution is 2.21. The molecule has 28 heavy (non-hydrogen) atoms. The Kier molecular flexibility index (Phi) is 7.06. The van der Waals surface area contributed by atoms with E-state index in [1.807, 2.05) is 44.2 Å². The van der Waals surface area contributed by atoms with E-state index < -0.39 is 0 Å².